The van der Waals surface area contributed by atoms with E-state index in [9.17, 15) is 44.1 Å². The largest absolute Gasteiger partial charge is 0.508 e. The number of unbranched alkanes of at least 4 members (excludes halogenated alkanes) is 2. The quantitative estimate of drug-likeness (QED) is 0.0627. The monoisotopic (exact) mass is 690 g/mol. The van der Waals surface area contributed by atoms with E-state index in [1.54, 1.807) is 24.7 Å². The highest BCUT2D eigenvalue weighted by Gasteiger charge is 2.31. The molecule has 0 bridgehead atoms. The van der Waals surface area contributed by atoms with Gasteiger partial charge in [-0.25, -0.2) is 4.98 Å². The van der Waals surface area contributed by atoms with Gasteiger partial charge in [-0.05, 0) is 43.4 Å². The number of aryl methyl sites for hydroxylation is 1. The molecule has 1 heterocycles. The van der Waals surface area contributed by atoms with E-state index in [0.29, 0.717) is 45.1 Å². The number of imidazole rings is 1. The van der Waals surface area contributed by atoms with E-state index in [2.05, 4.69) is 20.6 Å². The predicted molar refractivity (Wildman–Crippen MR) is 174 cm³/mol. The summed E-state index contributed by atoms with van der Waals surface area (Å²) in [4.78, 5) is 80.9. The highest BCUT2D eigenvalue weighted by Crippen LogP contribution is 2.16. The lowest BCUT2D eigenvalue weighted by atomic mass is 9.98. The minimum atomic E-state index is -1.41. The van der Waals surface area contributed by atoms with Crippen LogP contribution in [0.5, 0.6) is 5.75 Å². The lowest BCUT2D eigenvalue weighted by Crippen LogP contribution is -2.51. The van der Waals surface area contributed by atoms with Crippen LogP contribution in [0.4, 0.5) is 0 Å². The summed E-state index contributed by atoms with van der Waals surface area (Å²) in [6, 6.07) is 4.25. The molecule has 1 aromatic heterocycles. The molecule has 49 heavy (non-hydrogen) atoms. The average molecular weight is 691 g/mol. The number of aromatic hydroxyl groups is 1. The second-order valence-electron chi connectivity index (χ2n) is 11.7. The van der Waals surface area contributed by atoms with Crippen molar-refractivity contribution in [3.63, 3.8) is 0 Å². The number of hydrogen-bond donors (Lipinski definition) is 8. The summed E-state index contributed by atoms with van der Waals surface area (Å²) in [5.74, 6) is -5.71. The molecule has 0 spiro atoms. The third-order valence-corrected chi connectivity index (χ3v) is 7.66. The molecule has 0 aliphatic carbocycles. The number of H-pyrrole nitrogens is 1. The maximum Gasteiger partial charge on any atom is 0.321 e. The first-order valence-corrected chi connectivity index (χ1v) is 16.0. The van der Waals surface area contributed by atoms with Gasteiger partial charge >= 0.3 is 23.9 Å². The van der Waals surface area contributed by atoms with Crippen molar-refractivity contribution in [1.29, 1.82) is 0 Å². The Labute approximate surface area is 283 Å². The van der Waals surface area contributed by atoms with Crippen molar-refractivity contribution in [2.24, 2.45) is 0 Å². The fourth-order valence-electron chi connectivity index (χ4n) is 5.23. The molecule has 0 saturated carbocycles. The van der Waals surface area contributed by atoms with E-state index >= 15 is 0 Å². The highest BCUT2D eigenvalue weighted by atomic mass is 16.4. The normalized spacial score (nSPS) is 12.4. The number of nitrogens with zero attached hydrogens (tertiary/aromatic N) is 3. The van der Waals surface area contributed by atoms with Crippen molar-refractivity contribution >= 4 is 35.7 Å². The molecule has 0 aliphatic heterocycles. The van der Waals surface area contributed by atoms with Crippen LogP contribution in [-0.2, 0) is 41.6 Å². The average Bonchev–Trinajstić information content (AvgIpc) is 3.54. The standard InChI is InChI=1S/C32H46N6O11/c39-25-9-6-22(7-10-25)8-11-28(41)36-23(4-2-1-3-5-27(40)34-13-12-24-17-33-21-35-24)16-26(32(48)49)38(20-31(46)47)15-14-37(18-29(42)43)19-30(44)45/h6-7,9-10,17,21,23,26,39H,1-5,8,11-16,18-20H2,(H,33,35)(H,34,40)(H,36,41)(H,42,43)(H,44,45)(H,46,47)(H,48,49)/t23?,26-/m0/s1. The Morgan fingerprint density at radius 1 is 0.796 bits per heavy atom. The van der Waals surface area contributed by atoms with Crippen molar-refractivity contribution in [1.82, 2.24) is 30.4 Å². The molecule has 270 valence electrons. The first-order valence-electron chi connectivity index (χ1n) is 16.0. The van der Waals surface area contributed by atoms with Gasteiger partial charge in [0.1, 0.15) is 11.8 Å². The zero-order valence-corrected chi connectivity index (χ0v) is 27.3. The second-order valence-corrected chi connectivity index (χ2v) is 11.7. The molecule has 17 heteroatoms. The number of aromatic nitrogens is 2. The Morgan fingerprint density at radius 2 is 1.47 bits per heavy atom. The lowest BCUT2D eigenvalue weighted by Gasteiger charge is -2.32. The van der Waals surface area contributed by atoms with E-state index in [1.165, 1.54) is 12.1 Å². The fourth-order valence-corrected chi connectivity index (χ4v) is 5.23. The minimum Gasteiger partial charge on any atom is -0.508 e. The summed E-state index contributed by atoms with van der Waals surface area (Å²) >= 11 is 0. The molecule has 2 atom stereocenters. The smallest absolute Gasteiger partial charge is 0.321 e. The number of benzene rings is 1. The number of aliphatic carboxylic acids is 4. The summed E-state index contributed by atoms with van der Waals surface area (Å²) < 4.78 is 0. The Kier molecular flexibility index (Phi) is 17.8. The predicted octanol–water partition coefficient (Wildman–Crippen LogP) is 0.543. The number of carboxylic acids is 4. The molecular formula is C32H46N6O11. The van der Waals surface area contributed by atoms with Gasteiger partial charge in [-0.1, -0.05) is 25.0 Å². The molecule has 8 N–H and O–H groups in total. The third-order valence-electron chi connectivity index (χ3n) is 7.66. The van der Waals surface area contributed by atoms with Gasteiger partial charge < -0.3 is 41.2 Å². The van der Waals surface area contributed by atoms with E-state index in [1.807, 2.05) is 0 Å². The minimum absolute atomic E-state index is 0.0654. The van der Waals surface area contributed by atoms with Gasteiger partial charge in [-0.3, -0.25) is 38.6 Å². The molecule has 2 rings (SSSR count). The van der Waals surface area contributed by atoms with Gasteiger partial charge in [0.25, 0.3) is 0 Å². The lowest BCUT2D eigenvalue weighted by molar-refractivity contribution is -0.149. The summed E-state index contributed by atoms with van der Waals surface area (Å²) in [6.07, 6.45) is 6.38. The highest BCUT2D eigenvalue weighted by molar-refractivity contribution is 5.78. The molecule has 17 nitrogen and oxygen atoms in total. The third kappa shape index (κ3) is 17.6. The van der Waals surface area contributed by atoms with Crippen LogP contribution in [0.1, 0.15) is 56.2 Å². The van der Waals surface area contributed by atoms with E-state index in [-0.39, 0.29) is 49.9 Å². The zero-order chi connectivity index (χ0) is 36.2. The molecule has 0 saturated heterocycles. The number of phenolic OH excluding ortho intramolecular Hbond substituents is 1. The number of carbonyl (C=O) groups is 6. The zero-order valence-electron chi connectivity index (χ0n) is 27.3. The van der Waals surface area contributed by atoms with Gasteiger partial charge in [0.05, 0.1) is 26.0 Å². The molecule has 0 radical (unpaired) electrons. The van der Waals surface area contributed by atoms with Gasteiger partial charge in [-0.15, -0.1) is 0 Å². The van der Waals surface area contributed by atoms with Crippen LogP contribution in [0.15, 0.2) is 36.8 Å². The Morgan fingerprint density at radius 3 is 2.06 bits per heavy atom. The number of amides is 2. The number of phenols is 1. The SMILES string of the molecule is O=C(O)CN(CCN(CC(=O)O)[C@@H](CC(CCCCCC(=O)NCCc1cnc[nH]1)NC(=O)CCc1ccc(O)cc1)C(=O)O)CC(=O)O. The number of carbonyl (C=O) groups excluding carboxylic acids is 2. The molecule has 1 aromatic carbocycles. The summed E-state index contributed by atoms with van der Waals surface area (Å²) in [6.45, 7) is -2.06. The Hall–Kier alpha value is -5.03. The summed E-state index contributed by atoms with van der Waals surface area (Å²) in [5, 5.41) is 53.2. The number of rotatable bonds is 26. The number of carboxylic acid groups (broad SMARTS) is 4. The van der Waals surface area contributed by atoms with Gasteiger partial charge in [0, 0.05) is 56.8 Å². The first-order chi connectivity index (χ1) is 23.3. The van der Waals surface area contributed by atoms with E-state index < -0.39 is 55.6 Å². The fraction of sp³-hybridized carbons (Fsp3) is 0.531. The maximum absolute atomic E-state index is 13.0. The van der Waals surface area contributed by atoms with E-state index in [4.69, 9.17) is 10.2 Å². The maximum atomic E-state index is 13.0. The van der Waals surface area contributed by atoms with Crippen LogP contribution in [0, 0.1) is 0 Å². The Bertz CT molecular complexity index is 1340. The second kappa shape index (κ2) is 21.8. The molecule has 0 fully saturated rings. The van der Waals surface area contributed by atoms with Crippen molar-refractivity contribution in [3.05, 3.63) is 48.0 Å². The molecular weight excluding hydrogens is 644 g/mol. The van der Waals surface area contributed by atoms with Crippen LogP contribution in [0.3, 0.4) is 0 Å². The van der Waals surface area contributed by atoms with Crippen molar-refractivity contribution < 1.29 is 54.3 Å². The van der Waals surface area contributed by atoms with E-state index in [0.717, 1.165) is 21.1 Å². The van der Waals surface area contributed by atoms with Gasteiger partial charge in [0.15, 0.2) is 0 Å². The van der Waals surface area contributed by atoms with Crippen LogP contribution < -0.4 is 10.6 Å². The van der Waals surface area contributed by atoms with Crippen LogP contribution >= 0.6 is 0 Å². The topological polar surface area (TPSA) is 263 Å². The Balaban J connectivity index is 2.06. The van der Waals surface area contributed by atoms with Crippen molar-refractivity contribution in [2.45, 2.75) is 69.9 Å². The first kappa shape index (κ1) is 40.1. The van der Waals surface area contributed by atoms with Crippen molar-refractivity contribution in [3.8, 4) is 5.75 Å². The van der Waals surface area contributed by atoms with Crippen LogP contribution in [0.2, 0.25) is 0 Å². The van der Waals surface area contributed by atoms with Gasteiger partial charge in [-0.2, -0.15) is 0 Å². The van der Waals surface area contributed by atoms with Crippen LogP contribution in [-0.4, -0.2) is 132 Å². The number of aromatic amines is 1. The number of hydrogen-bond acceptors (Lipinski definition) is 10. The molecule has 2 amide bonds. The van der Waals surface area contributed by atoms with Crippen LogP contribution in [0.25, 0.3) is 0 Å². The molecule has 1 unspecified atom stereocenters. The summed E-state index contributed by atoms with van der Waals surface area (Å²) in [7, 11) is 0. The molecule has 0 aliphatic rings. The number of nitrogens with one attached hydrogen (secondary N) is 3. The molecule has 2 aromatic rings. The summed E-state index contributed by atoms with van der Waals surface area (Å²) in [5.41, 5.74) is 1.70. The van der Waals surface area contributed by atoms with Gasteiger partial charge in [0.2, 0.25) is 11.8 Å². The van der Waals surface area contributed by atoms with Crippen molar-refractivity contribution in [2.75, 3.05) is 39.3 Å².